The average Bonchev–Trinajstić information content (AvgIpc) is 3.19. The molecule has 1 aromatic carbocycles. The Morgan fingerprint density at radius 2 is 2.11 bits per heavy atom. The standard InChI is InChI=1S/C21H29N5O/c1-2-25-13-12-24-18(25)15-26(17-14-21(17)8-10-23-11-9-21)20(27)19(22)16-6-4-3-5-7-16/h3-7,12-13,17,19,23H,2,8-11,14-15,22H2,1H3/t17-,19+/m1/s1. The van der Waals surface area contributed by atoms with Gasteiger partial charge in [0.1, 0.15) is 11.9 Å². The zero-order chi connectivity index (χ0) is 18.9. The summed E-state index contributed by atoms with van der Waals surface area (Å²) in [5, 5.41) is 3.44. The van der Waals surface area contributed by atoms with Crippen molar-refractivity contribution in [3.8, 4) is 0 Å². The average molecular weight is 367 g/mol. The first-order valence-electron chi connectivity index (χ1n) is 9.96. The molecule has 1 saturated carbocycles. The molecule has 6 nitrogen and oxygen atoms in total. The Hall–Kier alpha value is -2.18. The minimum Gasteiger partial charge on any atom is -0.334 e. The molecule has 2 atom stereocenters. The quantitative estimate of drug-likeness (QED) is 0.820. The number of hydrogen-bond donors (Lipinski definition) is 2. The number of aromatic nitrogens is 2. The summed E-state index contributed by atoms with van der Waals surface area (Å²) in [6.45, 7) is 5.54. The van der Waals surface area contributed by atoms with Crippen molar-refractivity contribution in [2.24, 2.45) is 11.1 Å². The van der Waals surface area contributed by atoms with E-state index in [9.17, 15) is 4.79 Å². The molecule has 1 aromatic heterocycles. The Labute approximate surface area is 160 Å². The molecule has 1 spiro atoms. The van der Waals surface area contributed by atoms with E-state index in [1.165, 1.54) is 0 Å². The van der Waals surface area contributed by atoms with Crippen LogP contribution in [-0.2, 0) is 17.9 Å². The minimum atomic E-state index is -0.629. The van der Waals surface area contributed by atoms with E-state index in [0.29, 0.717) is 6.54 Å². The number of benzene rings is 1. The fourth-order valence-corrected chi connectivity index (χ4v) is 4.48. The highest BCUT2D eigenvalue weighted by atomic mass is 16.2. The van der Waals surface area contributed by atoms with Gasteiger partial charge in [-0.05, 0) is 50.3 Å². The summed E-state index contributed by atoms with van der Waals surface area (Å²) in [6.07, 6.45) is 7.12. The summed E-state index contributed by atoms with van der Waals surface area (Å²) >= 11 is 0. The molecule has 27 heavy (non-hydrogen) atoms. The second kappa shape index (κ2) is 7.44. The SMILES string of the molecule is CCn1ccnc1CN(C(=O)[C@@H](N)c1ccccc1)[C@@H]1CC12CCNCC2. The van der Waals surface area contributed by atoms with Gasteiger partial charge in [-0.2, -0.15) is 0 Å². The van der Waals surface area contributed by atoms with Crippen LogP contribution in [0, 0.1) is 5.41 Å². The summed E-state index contributed by atoms with van der Waals surface area (Å²) in [4.78, 5) is 19.9. The fraction of sp³-hybridized carbons (Fsp3) is 0.524. The zero-order valence-electron chi connectivity index (χ0n) is 16.0. The first kappa shape index (κ1) is 18.2. The Balaban J connectivity index is 1.59. The number of carbonyl (C=O) groups excluding carboxylic acids is 1. The third kappa shape index (κ3) is 3.51. The van der Waals surface area contributed by atoms with Crippen molar-refractivity contribution in [1.82, 2.24) is 19.8 Å². The minimum absolute atomic E-state index is 0.00672. The molecule has 1 saturated heterocycles. The molecule has 1 amide bonds. The molecule has 1 aliphatic heterocycles. The van der Waals surface area contributed by atoms with Gasteiger partial charge in [-0.15, -0.1) is 0 Å². The van der Waals surface area contributed by atoms with Crippen LogP contribution < -0.4 is 11.1 Å². The predicted molar refractivity (Wildman–Crippen MR) is 105 cm³/mol. The number of nitrogens with zero attached hydrogens (tertiary/aromatic N) is 3. The van der Waals surface area contributed by atoms with Crippen LogP contribution in [0.2, 0.25) is 0 Å². The van der Waals surface area contributed by atoms with Crippen molar-refractivity contribution in [3.05, 3.63) is 54.1 Å². The van der Waals surface area contributed by atoms with Crippen molar-refractivity contribution in [1.29, 1.82) is 0 Å². The largest absolute Gasteiger partial charge is 0.334 e. The molecule has 1 aliphatic carbocycles. The van der Waals surface area contributed by atoms with E-state index in [1.807, 2.05) is 47.6 Å². The van der Waals surface area contributed by atoms with Gasteiger partial charge in [0.2, 0.25) is 5.91 Å². The molecule has 144 valence electrons. The van der Waals surface area contributed by atoms with Crippen molar-refractivity contribution < 1.29 is 4.79 Å². The lowest BCUT2D eigenvalue weighted by molar-refractivity contribution is -0.134. The van der Waals surface area contributed by atoms with Gasteiger partial charge in [0.25, 0.3) is 0 Å². The smallest absolute Gasteiger partial charge is 0.244 e. The third-order valence-corrected chi connectivity index (χ3v) is 6.28. The molecule has 6 heteroatoms. The molecule has 2 heterocycles. The van der Waals surface area contributed by atoms with E-state index in [4.69, 9.17) is 5.73 Å². The first-order valence-corrected chi connectivity index (χ1v) is 9.96. The van der Waals surface area contributed by atoms with Gasteiger partial charge < -0.3 is 20.5 Å². The normalized spacial score (nSPS) is 21.8. The Kier molecular flexibility index (Phi) is 5.02. The summed E-state index contributed by atoms with van der Waals surface area (Å²) in [5.74, 6) is 0.939. The van der Waals surface area contributed by atoms with E-state index in [0.717, 1.165) is 50.3 Å². The van der Waals surface area contributed by atoms with Crippen molar-refractivity contribution >= 4 is 5.91 Å². The zero-order valence-corrected chi connectivity index (χ0v) is 16.0. The molecular weight excluding hydrogens is 338 g/mol. The predicted octanol–water partition coefficient (Wildman–Crippen LogP) is 2.07. The summed E-state index contributed by atoms with van der Waals surface area (Å²) in [6, 6.07) is 9.31. The van der Waals surface area contributed by atoms with Crippen LogP contribution in [0.15, 0.2) is 42.7 Å². The van der Waals surface area contributed by atoms with Gasteiger partial charge in [-0.25, -0.2) is 4.98 Å². The van der Waals surface area contributed by atoms with Crippen LogP contribution >= 0.6 is 0 Å². The lowest BCUT2D eigenvalue weighted by Gasteiger charge is -2.31. The van der Waals surface area contributed by atoms with Gasteiger partial charge in [0.05, 0.1) is 6.54 Å². The topological polar surface area (TPSA) is 76.2 Å². The molecule has 4 rings (SSSR count). The fourth-order valence-electron chi connectivity index (χ4n) is 4.48. The third-order valence-electron chi connectivity index (χ3n) is 6.28. The number of rotatable bonds is 6. The summed E-state index contributed by atoms with van der Waals surface area (Å²) in [7, 11) is 0. The first-order chi connectivity index (χ1) is 13.1. The van der Waals surface area contributed by atoms with Gasteiger partial charge in [0, 0.05) is 25.0 Å². The van der Waals surface area contributed by atoms with Gasteiger partial charge in [0.15, 0.2) is 0 Å². The lowest BCUT2D eigenvalue weighted by atomic mass is 9.93. The van der Waals surface area contributed by atoms with Crippen LogP contribution in [0.25, 0.3) is 0 Å². The van der Waals surface area contributed by atoms with E-state index in [-0.39, 0.29) is 17.4 Å². The molecule has 2 fully saturated rings. The number of amides is 1. The Morgan fingerprint density at radius 1 is 1.37 bits per heavy atom. The number of imidazole rings is 1. The Bertz CT molecular complexity index is 781. The molecular formula is C21H29N5O. The van der Waals surface area contributed by atoms with Crippen LogP contribution in [0.5, 0.6) is 0 Å². The van der Waals surface area contributed by atoms with Gasteiger partial charge in [-0.1, -0.05) is 30.3 Å². The van der Waals surface area contributed by atoms with Crippen molar-refractivity contribution in [3.63, 3.8) is 0 Å². The number of nitrogens with two attached hydrogens (primary N) is 1. The number of nitrogens with one attached hydrogen (secondary N) is 1. The number of piperidine rings is 1. The van der Waals surface area contributed by atoms with E-state index < -0.39 is 6.04 Å². The highest BCUT2D eigenvalue weighted by Gasteiger charge is 2.58. The summed E-state index contributed by atoms with van der Waals surface area (Å²) < 4.78 is 2.10. The lowest BCUT2D eigenvalue weighted by Crippen LogP contribution is -2.43. The van der Waals surface area contributed by atoms with E-state index >= 15 is 0 Å². The maximum Gasteiger partial charge on any atom is 0.244 e. The number of hydrogen-bond acceptors (Lipinski definition) is 4. The molecule has 0 unspecified atom stereocenters. The van der Waals surface area contributed by atoms with Crippen LogP contribution in [0.1, 0.15) is 43.6 Å². The number of aryl methyl sites for hydroxylation is 1. The van der Waals surface area contributed by atoms with Gasteiger partial charge >= 0.3 is 0 Å². The monoisotopic (exact) mass is 367 g/mol. The molecule has 0 radical (unpaired) electrons. The maximum atomic E-state index is 13.4. The van der Waals surface area contributed by atoms with Gasteiger partial charge in [-0.3, -0.25) is 4.79 Å². The number of carbonyl (C=O) groups is 1. The molecule has 2 aliphatic rings. The second-order valence-electron chi connectivity index (χ2n) is 7.82. The van der Waals surface area contributed by atoms with Crippen LogP contribution in [0.3, 0.4) is 0 Å². The molecule has 3 N–H and O–H groups in total. The summed E-state index contributed by atoms with van der Waals surface area (Å²) in [5.41, 5.74) is 7.52. The van der Waals surface area contributed by atoms with E-state index in [1.54, 1.807) is 0 Å². The van der Waals surface area contributed by atoms with Crippen molar-refractivity contribution in [2.75, 3.05) is 13.1 Å². The van der Waals surface area contributed by atoms with Crippen molar-refractivity contribution in [2.45, 2.75) is 51.4 Å². The molecule has 2 aromatic rings. The van der Waals surface area contributed by atoms with Crippen LogP contribution in [0.4, 0.5) is 0 Å². The molecule has 0 bridgehead atoms. The highest BCUT2D eigenvalue weighted by Crippen LogP contribution is 2.56. The Morgan fingerprint density at radius 3 is 2.81 bits per heavy atom. The maximum absolute atomic E-state index is 13.4. The van der Waals surface area contributed by atoms with Crippen LogP contribution in [-0.4, -0.2) is 39.5 Å². The highest BCUT2D eigenvalue weighted by molar-refractivity contribution is 5.83. The second-order valence-corrected chi connectivity index (χ2v) is 7.82. The van der Waals surface area contributed by atoms with E-state index in [2.05, 4.69) is 21.8 Å².